The van der Waals surface area contributed by atoms with Gasteiger partial charge in [-0.2, -0.15) is 8.78 Å². The molecule has 0 bridgehead atoms. The van der Waals surface area contributed by atoms with Crippen LogP contribution in [0.15, 0.2) is 93.2 Å². The summed E-state index contributed by atoms with van der Waals surface area (Å²) in [6, 6.07) is 18.8. The van der Waals surface area contributed by atoms with Gasteiger partial charge in [0, 0.05) is 22.5 Å². The second kappa shape index (κ2) is 13.3. The molecule has 1 N–H and O–H groups in total. The number of benzene rings is 3. The van der Waals surface area contributed by atoms with Crippen LogP contribution >= 0.6 is 24.6 Å². The summed E-state index contributed by atoms with van der Waals surface area (Å²) in [5.74, 6) is -9.51. The molecule has 15 heteroatoms. The van der Waals surface area contributed by atoms with Crippen molar-refractivity contribution in [2.24, 2.45) is 5.41 Å². The molecule has 0 fully saturated rings. The first-order chi connectivity index (χ1) is 21.4. The van der Waals surface area contributed by atoms with Crippen LogP contribution in [-0.2, 0) is 47.5 Å². The molecule has 10 nitrogen and oxygen atoms in total. The molecule has 0 aliphatic heterocycles. The summed E-state index contributed by atoms with van der Waals surface area (Å²) in [6.45, 7) is 4.28. The molecule has 0 spiro atoms. The number of esters is 1. The molecule has 0 radical (unpaired) electrons. The van der Waals surface area contributed by atoms with Crippen LogP contribution in [0, 0.1) is 5.41 Å². The van der Waals surface area contributed by atoms with Crippen LogP contribution in [-0.4, -0.2) is 40.9 Å². The summed E-state index contributed by atoms with van der Waals surface area (Å²) >= 11 is 3.09. The Hall–Kier alpha value is -3.55. The van der Waals surface area contributed by atoms with Gasteiger partial charge in [0.1, 0.15) is 0 Å². The van der Waals surface area contributed by atoms with Crippen LogP contribution in [0.25, 0.3) is 11.3 Å². The number of carbonyl (C=O) groups is 1. The number of hydrogen-bond donors (Lipinski definition) is 1. The summed E-state index contributed by atoms with van der Waals surface area (Å²) in [6.07, 6.45) is 2.72. The summed E-state index contributed by atoms with van der Waals surface area (Å²) in [7, 11) is -5.35. The van der Waals surface area contributed by atoms with E-state index in [-0.39, 0.29) is 22.5 Å². The molecular formula is C31H31BrF2N2O8PS+. The molecule has 1 heterocycles. The lowest BCUT2D eigenvalue weighted by molar-refractivity contribution is -0.397. The molecule has 1 aromatic heterocycles. The minimum Gasteiger partial charge on any atom is -0.400 e. The van der Waals surface area contributed by atoms with E-state index in [1.165, 1.54) is 54.2 Å². The van der Waals surface area contributed by atoms with Crippen LogP contribution in [0.4, 0.5) is 8.78 Å². The molecule has 0 saturated carbocycles. The number of hydrogen-bond acceptors (Lipinski definition) is 8. The number of aliphatic hydroxyl groups is 1. The van der Waals surface area contributed by atoms with E-state index in [0.29, 0.717) is 16.8 Å². The third-order valence-corrected chi connectivity index (χ3v) is 9.10. The first-order valence-corrected chi connectivity index (χ1v) is 17.2. The fourth-order valence-corrected chi connectivity index (χ4v) is 6.02. The van der Waals surface area contributed by atoms with Gasteiger partial charge in [-0.25, -0.2) is 13.2 Å². The van der Waals surface area contributed by atoms with Gasteiger partial charge >= 0.3 is 32.2 Å². The first kappa shape index (κ1) is 35.3. The van der Waals surface area contributed by atoms with E-state index in [0.717, 1.165) is 17.9 Å². The molecule has 0 aliphatic rings. The highest BCUT2D eigenvalue weighted by atomic mass is 79.9. The number of aromatic nitrogens is 2. The largest absolute Gasteiger partial charge is 0.501 e. The van der Waals surface area contributed by atoms with Crippen molar-refractivity contribution in [3.05, 3.63) is 111 Å². The number of alkyl halides is 2. The number of ether oxygens (including phenoxy) is 1. The van der Waals surface area contributed by atoms with Gasteiger partial charge in [0.25, 0.3) is 0 Å². The molecule has 244 valence electrons. The van der Waals surface area contributed by atoms with Crippen molar-refractivity contribution in [2.45, 2.75) is 50.7 Å². The lowest BCUT2D eigenvalue weighted by atomic mass is 9.97. The van der Waals surface area contributed by atoms with Crippen molar-refractivity contribution < 1.29 is 40.9 Å². The zero-order chi connectivity index (χ0) is 34.1. The van der Waals surface area contributed by atoms with Gasteiger partial charge in [-0.15, -0.1) is 0 Å². The summed E-state index contributed by atoms with van der Waals surface area (Å²) in [5, 5.41) is 10.6. The Bertz CT molecular complexity index is 1920. The van der Waals surface area contributed by atoms with Crippen LogP contribution in [0.1, 0.15) is 37.5 Å². The van der Waals surface area contributed by atoms with Gasteiger partial charge in [-0.3, -0.25) is 13.9 Å². The van der Waals surface area contributed by atoms with Crippen molar-refractivity contribution in [1.82, 2.24) is 9.13 Å². The number of carbonyl (C=O) groups excluding carboxylic acids is 1. The molecule has 0 amide bonds. The first-order valence-electron chi connectivity index (χ1n) is 13.7. The lowest BCUT2D eigenvalue weighted by Gasteiger charge is -2.32. The molecule has 4 rings (SSSR count). The Labute approximate surface area is 273 Å². The Kier molecular flexibility index (Phi) is 10.2. The third kappa shape index (κ3) is 7.53. The van der Waals surface area contributed by atoms with E-state index in [9.17, 15) is 27.7 Å². The summed E-state index contributed by atoms with van der Waals surface area (Å²) in [4.78, 5) is 26.1. The molecule has 2 atom stereocenters. The van der Waals surface area contributed by atoms with E-state index in [2.05, 4.69) is 25.2 Å². The van der Waals surface area contributed by atoms with E-state index in [1.807, 2.05) is 30.3 Å². The molecule has 4 aromatic rings. The maximum absolute atomic E-state index is 15.7. The smallest absolute Gasteiger partial charge is 0.400 e. The van der Waals surface area contributed by atoms with Gasteiger partial charge in [0.2, 0.25) is 0 Å². The third-order valence-electron chi connectivity index (χ3n) is 6.95. The molecule has 3 aromatic carbocycles. The molecule has 0 aliphatic carbocycles. The maximum Gasteiger partial charge on any atom is 0.501 e. The van der Waals surface area contributed by atoms with Gasteiger partial charge < -0.3 is 9.84 Å². The predicted molar refractivity (Wildman–Crippen MR) is 171 cm³/mol. The van der Waals surface area contributed by atoms with E-state index >= 15 is 8.78 Å². The number of sulfone groups is 1. The second-order valence-corrected chi connectivity index (χ2v) is 14.8. The maximum atomic E-state index is 15.7. The minimum atomic E-state index is -4.40. The summed E-state index contributed by atoms with van der Waals surface area (Å²) < 4.78 is 78.3. The highest BCUT2D eigenvalue weighted by molar-refractivity contribution is 9.10. The number of rotatable bonds is 11. The highest BCUT2D eigenvalue weighted by Crippen LogP contribution is 2.46. The predicted octanol–water partition coefficient (Wildman–Crippen LogP) is 5.86. The second-order valence-electron chi connectivity index (χ2n) is 11.6. The minimum absolute atomic E-state index is 0.0873. The fourth-order valence-electron chi connectivity index (χ4n) is 4.43. The number of imidazole rings is 1. The molecule has 2 unspecified atom stereocenters. The van der Waals surface area contributed by atoms with E-state index < -0.39 is 53.1 Å². The Morgan fingerprint density at radius 3 is 2.15 bits per heavy atom. The Morgan fingerprint density at radius 1 is 0.978 bits per heavy atom. The SMILES string of the molecule is CC(C)(C)C(=O)OC(O)(O[PH+]=O)C(F)(F)c1ccc(Cn2c(-c3ccc(S(C)(=O)=O)cc3)cn(Cc3ccccc3)c2=O)cc1Br. The number of nitrogens with zero attached hydrogens (tertiary/aromatic N) is 2. The van der Waals surface area contributed by atoms with Gasteiger partial charge in [0.05, 0.1) is 29.1 Å². The molecular weight excluding hydrogens is 709 g/mol. The quantitative estimate of drug-likeness (QED) is 0.115. The van der Waals surface area contributed by atoms with Gasteiger partial charge in [-0.1, -0.05) is 75.1 Å². The standard InChI is InChI=1S/C31H31BrF2N2O8PS/c1-29(2,3)27(37)43-31(39,44-45-40)30(33,34)24-15-10-21(16-25(24)32)18-36-26(22-11-13-23(14-12-22)46(4,41)42)19-35(28(36)38)17-20-8-6-5-7-9-20/h5-16,19,39,45H,17-18H2,1-4H3/q+1. The zero-order valence-electron chi connectivity index (χ0n) is 25.2. The van der Waals surface area contributed by atoms with Gasteiger partial charge in [0.15, 0.2) is 9.84 Å². The van der Waals surface area contributed by atoms with Crippen molar-refractivity contribution >= 4 is 40.4 Å². The van der Waals surface area contributed by atoms with Gasteiger partial charge in [-0.05, 0) is 60.2 Å². The summed E-state index contributed by atoms with van der Waals surface area (Å²) in [5.41, 5.74) is -0.320. The Morgan fingerprint density at radius 2 is 1.61 bits per heavy atom. The number of halogens is 3. The lowest BCUT2D eigenvalue weighted by Crippen LogP contribution is -2.52. The van der Waals surface area contributed by atoms with E-state index in [1.54, 1.807) is 18.3 Å². The van der Waals surface area contributed by atoms with Crippen molar-refractivity contribution in [3.63, 3.8) is 0 Å². The highest BCUT2D eigenvalue weighted by Gasteiger charge is 2.64. The fraction of sp³-hybridized carbons (Fsp3) is 0.290. The van der Waals surface area contributed by atoms with E-state index in [4.69, 9.17) is 0 Å². The van der Waals surface area contributed by atoms with Crippen LogP contribution in [0.2, 0.25) is 0 Å². The van der Waals surface area contributed by atoms with Crippen molar-refractivity contribution in [1.29, 1.82) is 0 Å². The topological polar surface area (TPSA) is 134 Å². The normalized spacial score (nSPS) is 13.8. The molecule has 46 heavy (non-hydrogen) atoms. The average molecular weight is 741 g/mol. The van der Waals surface area contributed by atoms with Crippen molar-refractivity contribution in [3.8, 4) is 11.3 Å². The Balaban J connectivity index is 1.75. The van der Waals surface area contributed by atoms with Crippen LogP contribution < -0.4 is 5.69 Å². The van der Waals surface area contributed by atoms with Crippen LogP contribution in [0.3, 0.4) is 0 Å². The monoisotopic (exact) mass is 739 g/mol. The molecule has 0 saturated heterocycles. The van der Waals surface area contributed by atoms with Crippen LogP contribution in [0.5, 0.6) is 0 Å². The average Bonchev–Trinajstić information content (AvgIpc) is 3.26. The van der Waals surface area contributed by atoms with Crippen molar-refractivity contribution in [2.75, 3.05) is 6.26 Å². The zero-order valence-corrected chi connectivity index (χ0v) is 28.6.